The zero-order valence-corrected chi connectivity index (χ0v) is 8.72. The molecule has 0 spiro atoms. The number of nitrogens with one attached hydrogen (secondary N) is 1. The third-order valence-corrected chi connectivity index (χ3v) is 2.13. The van der Waals surface area contributed by atoms with Gasteiger partial charge in [0.2, 0.25) is 10.0 Å². The van der Waals surface area contributed by atoms with Gasteiger partial charge in [-0.25, -0.2) is 17.2 Å². The molecule has 0 saturated carbocycles. The van der Waals surface area contributed by atoms with Crippen LogP contribution < -0.4 is 4.72 Å². The number of sulfonamides is 1. The van der Waals surface area contributed by atoms with Crippen LogP contribution in [0, 0.1) is 21.7 Å². The first-order valence-electron chi connectivity index (χ1n) is 3.82. The van der Waals surface area contributed by atoms with Crippen molar-refractivity contribution in [3.05, 3.63) is 33.9 Å². The third kappa shape index (κ3) is 2.63. The maximum Gasteiger partial charge on any atom is 0.296 e. The molecule has 1 aromatic carbocycles. The molecule has 1 rings (SSSR count). The van der Waals surface area contributed by atoms with Crippen LogP contribution in [0.1, 0.15) is 0 Å². The molecule has 0 bridgehead atoms. The molecule has 9 heteroatoms. The first-order valence-corrected chi connectivity index (χ1v) is 5.71. The lowest BCUT2D eigenvalue weighted by atomic mass is 10.2. The van der Waals surface area contributed by atoms with Crippen LogP contribution in [-0.2, 0) is 10.0 Å². The van der Waals surface area contributed by atoms with Crippen molar-refractivity contribution in [2.24, 2.45) is 0 Å². The van der Waals surface area contributed by atoms with Crippen molar-refractivity contribution in [3.63, 3.8) is 0 Å². The molecule has 0 unspecified atom stereocenters. The fraction of sp³-hybridized carbons (Fsp3) is 0.143. The van der Waals surface area contributed by atoms with Gasteiger partial charge in [0, 0.05) is 6.07 Å². The molecule has 6 nitrogen and oxygen atoms in total. The molecule has 0 heterocycles. The van der Waals surface area contributed by atoms with E-state index in [1.54, 1.807) is 4.72 Å². The number of benzene rings is 1. The Kier molecular flexibility index (Phi) is 3.08. The van der Waals surface area contributed by atoms with Gasteiger partial charge < -0.3 is 0 Å². The Hall–Kier alpha value is -1.77. The largest absolute Gasteiger partial charge is 0.296 e. The number of nitro groups is 1. The second-order valence-electron chi connectivity index (χ2n) is 2.89. The summed E-state index contributed by atoms with van der Waals surface area (Å²) in [5.74, 6) is -2.99. The Bertz CT molecular complexity index is 544. The van der Waals surface area contributed by atoms with Gasteiger partial charge in [-0.2, -0.15) is 0 Å². The predicted octanol–water partition coefficient (Wildman–Crippen LogP) is 1.24. The van der Waals surface area contributed by atoms with Gasteiger partial charge in [0.15, 0.2) is 17.3 Å². The minimum absolute atomic E-state index is 0.543. The van der Waals surface area contributed by atoms with Crippen LogP contribution in [0.4, 0.5) is 20.2 Å². The highest BCUT2D eigenvalue weighted by Crippen LogP contribution is 2.29. The monoisotopic (exact) mass is 252 g/mol. The van der Waals surface area contributed by atoms with Crippen molar-refractivity contribution < 1.29 is 22.1 Å². The molecule has 0 aromatic heterocycles. The van der Waals surface area contributed by atoms with Crippen LogP contribution >= 0.6 is 0 Å². The Morgan fingerprint density at radius 1 is 1.38 bits per heavy atom. The molecule has 16 heavy (non-hydrogen) atoms. The molecule has 0 radical (unpaired) electrons. The first kappa shape index (κ1) is 12.3. The fourth-order valence-corrected chi connectivity index (χ4v) is 1.54. The summed E-state index contributed by atoms with van der Waals surface area (Å²) in [5.41, 5.74) is -1.86. The van der Waals surface area contributed by atoms with Crippen molar-refractivity contribution in [1.29, 1.82) is 0 Å². The molecule has 0 atom stereocenters. The van der Waals surface area contributed by atoms with Gasteiger partial charge >= 0.3 is 0 Å². The number of anilines is 1. The van der Waals surface area contributed by atoms with Crippen LogP contribution in [0.2, 0.25) is 0 Å². The van der Waals surface area contributed by atoms with E-state index in [1.165, 1.54) is 0 Å². The summed E-state index contributed by atoms with van der Waals surface area (Å²) < 4.78 is 49.1. The fourth-order valence-electron chi connectivity index (χ4n) is 0.975. The number of hydrogen-bond acceptors (Lipinski definition) is 4. The van der Waals surface area contributed by atoms with E-state index in [0.29, 0.717) is 18.4 Å². The van der Waals surface area contributed by atoms with Crippen molar-refractivity contribution in [2.75, 3.05) is 11.0 Å². The minimum Gasteiger partial charge on any atom is -0.275 e. The summed E-state index contributed by atoms with van der Waals surface area (Å²) in [6.07, 6.45) is 0.668. The van der Waals surface area contributed by atoms with E-state index in [1.807, 2.05) is 0 Å². The van der Waals surface area contributed by atoms with Crippen LogP contribution in [0.15, 0.2) is 12.1 Å². The van der Waals surface area contributed by atoms with Gasteiger partial charge in [-0.3, -0.25) is 14.8 Å². The number of nitrogens with zero attached hydrogens (tertiary/aromatic N) is 1. The van der Waals surface area contributed by atoms with Crippen molar-refractivity contribution >= 4 is 21.4 Å². The molecular formula is C7H6F2N2O4S. The molecule has 88 valence electrons. The molecule has 0 saturated heterocycles. The molecule has 1 aromatic rings. The Balaban J connectivity index is 3.44. The highest BCUT2D eigenvalue weighted by Gasteiger charge is 2.23. The minimum atomic E-state index is -3.93. The van der Waals surface area contributed by atoms with E-state index < -0.39 is 38.0 Å². The van der Waals surface area contributed by atoms with E-state index >= 15 is 0 Å². The van der Waals surface area contributed by atoms with Gasteiger partial charge in [-0.1, -0.05) is 0 Å². The zero-order valence-electron chi connectivity index (χ0n) is 7.90. The van der Waals surface area contributed by atoms with Crippen molar-refractivity contribution in [1.82, 2.24) is 0 Å². The molecule has 0 aliphatic heterocycles. The molecule has 0 amide bonds. The highest BCUT2D eigenvalue weighted by atomic mass is 32.2. The molecule has 0 aliphatic carbocycles. The summed E-state index contributed by atoms with van der Waals surface area (Å²) in [5, 5.41) is 10.5. The predicted molar refractivity (Wildman–Crippen MR) is 51.5 cm³/mol. The summed E-state index contributed by atoms with van der Waals surface area (Å²) in [4.78, 5) is 9.43. The molecule has 0 aliphatic rings. The Labute approximate surface area is 89.1 Å². The second kappa shape index (κ2) is 4.00. The van der Waals surface area contributed by atoms with E-state index in [0.717, 1.165) is 0 Å². The van der Waals surface area contributed by atoms with E-state index in [9.17, 15) is 27.3 Å². The maximum atomic E-state index is 13.1. The number of halogens is 2. The van der Waals surface area contributed by atoms with Crippen LogP contribution in [0.3, 0.4) is 0 Å². The second-order valence-corrected chi connectivity index (χ2v) is 4.64. The molecular weight excluding hydrogens is 246 g/mol. The quantitative estimate of drug-likeness (QED) is 0.647. The van der Waals surface area contributed by atoms with E-state index in [2.05, 4.69) is 0 Å². The maximum absolute atomic E-state index is 13.1. The lowest BCUT2D eigenvalue weighted by molar-refractivity contribution is -0.384. The summed E-state index contributed by atoms with van der Waals surface area (Å²) in [6.45, 7) is 0. The summed E-state index contributed by atoms with van der Waals surface area (Å²) in [7, 11) is -3.93. The first-order chi connectivity index (χ1) is 7.22. The lowest BCUT2D eigenvalue weighted by Crippen LogP contribution is -2.13. The average molecular weight is 252 g/mol. The van der Waals surface area contributed by atoms with Crippen LogP contribution in [0.25, 0.3) is 0 Å². The Morgan fingerprint density at radius 2 is 1.94 bits per heavy atom. The van der Waals surface area contributed by atoms with E-state index in [4.69, 9.17) is 0 Å². The van der Waals surface area contributed by atoms with Crippen LogP contribution in [-0.4, -0.2) is 19.6 Å². The number of rotatable bonds is 3. The third-order valence-electron chi connectivity index (χ3n) is 1.56. The number of hydrogen-bond donors (Lipinski definition) is 1. The lowest BCUT2D eigenvalue weighted by Gasteiger charge is -2.06. The topological polar surface area (TPSA) is 89.3 Å². The van der Waals surface area contributed by atoms with Crippen molar-refractivity contribution in [2.45, 2.75) is 0 Å². The van der Waals surface area contributed by atoms with Gasteiger partial charge in [0.25, 0.3) is 5.69 Å². The highest BCUT2D eigenvalue weighted by molar-refractivity contribution is 7.92. The van der Waals surface area contributed by atoms with Gasteiger partial charge in [0.05, 0.1) is 11.2 Å². The number of nitro benzene ring substituents is 1. The van der Waals surface area contributed by atoms with Gasteiger partial charge in [-0.05, 0) is 6.07 Å². The standard InChI is InChI=1S/C7H6F2N2O4S/c1-16(14,15)10-7-5(11(12)13)3-2-4(8)6(7)9/h2-3,10H,1H3. The zero-order chi connectivity index (χ0) is 12.5. The van der Waals surface area contributed by atoms with Crippen molar-refractivity contribution in [3.8, 4) is 0 Å². The Morgan fingerprint density at radius 3 is 2.38 bits per heavy atom. The summed E-state index contributed by atoms with van der Waals surface area (Å²) in [6, 6.07) is 1.22. The normalized spacial score (nSPS) is 11.2. The van der Waals surface area contributed by atoms with Crippen LogP contribution in [0.5, 0.6) is 0 Å². The average Bonchev–Trinajstić information content (AvgIpc) is 2.10. The summed E-state index contributed by atoms with van der Waals surface area (Å²) >= 11 is 0. The SMILES string of the molecule is CS(=O)(=O)Nc1c([N+](=O)[O-])ccc(F)c1F. The van der Waals surface area contributed by atoms with E-state index in [-0.39, 0.29) is 0 Å². The smallest absolute Gasteiger partial charge is 0.275 e. The van der Waals surface area contributed by atoms with Gasteiger partial charge in [-0.15, -0.1) is 0 Å². The van der Waals surface area contributed by atoms with Gasteiger partial charge in [0.1, 0.15) is 0 Å². The molecule has 1 N–H and O–H groups in total. The molecule has 0 fully saturated rings.